The van der Waals surface area contributed by atoms with Crippen LogP contribution in [0.4, 0.5) is 0 Å². The van der Waals surface area contributed by atoms with Crippen molar-refractivity contribution in [3.05, 3.63) is 60.8 Å². The fourth-order valence-corrected chi connectivity index (χ4v) is 8.23. The van der Waals surface area contributed by atoms with Gasteiger partial charge in [-0.2, -0.15) is 0 Å². The van der Waals surface area contributed by atoms with Crippen LogP contribution in [-0.4, -0.2) is 82.3 Å². The van der Waals surface area contributed by atoms with Crippen LogP contribution in [0.25, 0.3) is 0 Å². The van der Waals surface area contributed by atoms with E-state index in [-0.39, 0.29) is 38.6 Å². The van der Waals surface area contributed by atoms with E-state index in [0.29, 0.717) is 17.4 Å². The molecule has 0 saturated carbocycles. The largest absolute Gasteiger partial charge is 0.545 e. The second-order valence-corrected chi connectivity index (χ2v) is 20.9. The molecule has 0 amide bonds. The molecule has 0 aliphatic carbocycles. The van der Waals surface area contributed by atoms with Crippen molar-refractivity contribution in [3.8, 4) is 0 Å². The SMILES string of the molecule is CC/C=C\C/C=C\C/C=C\C/C=C\CCCCCCC(=O)OC(COC(=O)CCCCCCCCCCCCCCCCCCC/C=C\CCCCCCCCCC)COC(OCC[N+](C)(C)C)C(=O)[O-]. The number of carboxylic acid groups (broad SMARTS) is 1. The number of rotatable bonds is 54. The molecule has 0 fully saturated rings. The molecule has 0 heterocycles. The summed E-state index contributed by atoms with van der Waals surface area (Å²) in [5.74, 6) is -2.31. The minimum Gasteiger partial charge on any atom is -0.545 e. The van der Waals surface area contributed by atoms with E-state index in [4.69, 9.17) is 18.9 Å². The van der Waals surface area contributed by atoms with Gasteiger partial charge in [0.2, 0.25) is 0 Å². The van der Waals surface area contributed by atoms with Gasteiger partial charge in [0.15, 0.2) is 12.4 Å². The van der Waals surface area contributed by atoms with Crippen molar-refractivity contribution in [2.45, 2.75) is 270 Å². The molecule has 0 bridgehead atoms. The number of ether oxygens (including phenoxy) is 4. The molecule has 412 valence electrons. The number of aliphatic carboxylic acids is 1. The number of unbranched alkanes of at least 4 members (excludes halogenated alkanes) is 29. The number of nitrogens with zero attached hydrogens (tertiary/aromatic N) is 1. The third-order valence-electron chi connectivity index (χ3n) is 12.7. The Hall–Kier alpha value is -3.01. The van der Waals surface area contributed by atoms with Crippen molar-refractivity contribution >= 4 is 17.9 Å². The van der Waals surface area contributed by atoms with Crippen LogP contribution >= 0.6 is 0 Å². The number of carbonyl (C=O) groups excluding carboxylic acids is 3. The number of quaternary nitrogens is 1. The average Bonchev–Trinajstić information content (AvgIpc) is 3.34. The first-order valence-corrected chi connectivity index (χ1v) is 29.4. The molecule has 2 atom stereocenters. The molecule has 0 aromatic carbocycles. The lowest BCUT2D eigenvalue weighted by atomic mass is 10.0. The van der Waals surface area contributed by atoms with Crippen LogP contribution in [0.1, 0.15) is 258 Å². The highest BCUT2D eigenvalue weighted by atomic mass is 16.7. The highest BCUT2D eigenvalue weighted by molar-refractivity contribution is 5.70. The minimum absolute atomic E-state index is 0.141. The summed E-state index contributed by atoms with van der Waals surface area (Å²) >= 11 is 0. The Kier molecular flexibility index (Phi) is 51.0. The van der Waals surface area contributed by atoms with Gasteiger partial charge in [0, 0.05) is 12.8 Å². The smallest absolute Gasteiger partial charge is 0.306 e. The summed E-state index contributed by atoms with van der Waals surface area (Å²) in [7, 11) is 5.91. The van der Waals surface area contributed by atoms with Gasteiger partial charge in [-0.05, 0) is 77.0 Å². The van der Waals surface area contributed by atoms with Crippen LogP contribution in [0, 0.1) is 0 Å². The van der Waals surface area contributed by atoms with Crippen molar-refractivity contribution in [1.29, 1.82) is 0 Å². The number of allylic oxidation sites excluding steroid dienone is 10. The van der Waals surface area contributed by atoms with Gasteiger partial charge in [-0.25, -0.2) is 0 Å². The number of carbonyl (C=O) groups is 3. The number of hydrogen-bond donors (Lipinski definition) is 0. The number of carboxylic acids is 1. The summed E-state index contributed by atoms with van der Waals surface area (Å²) in [4.78, 5) is 37.2. The van der Waals surface area contributed by atoms with Gasteiger partial charge in [0.1, 0.15) is 13.2 Å². The Labute approximate surface area is 437 Å². The first-order chi connectivity index (χ1) is 34.6. The highest BCUT2D eigenvalue weighted by Crippen LogP contribution is 2.16. The van der Waals surface area contributed by atoms with Gasteiger partial charge in [-0.15, -0.1) is 0 Å². The van der Waals surface area contributed by atoms with Crippen LogP contribution in [0.3, 0.4) is 0 Å². The van der Waals surface area contributed by atoms with Gasteiger partial charge < -0.3 is 33.3 Å². The van der Waals surface area contributed by atoms with E-state index in [2.05, 4.69) is 74.6 Å². The summed E-state index contributed by atoms with van der Waals surface area (Å²) in [6.07, 6.45) is 64.3. The monoisotopic (exact) mass is 998 g/mol. The van der Waals surface area contributed by atoms with E-state index in [0.717, 1.165) is 70.6 Å². The third kappa shape index (κ3) is 54.6. The van der Waals surface area contributed by atoms with E-state index in [1.807, 2.05) is 21.1 Å². The highest BCUT2D eigenvalue weighted by Gasteiger charge is 2.22. The van der Waals surface area contributed by atoms with E-state index in [1.165, 1.54) is 154 Å². The lowest BCUT2D eigenvalue weighted by molar-refractivity contribution is -0.870. The molecule has 71 heavy (non-hydrogen) atoms. The second-order valence-electron chi connectivity index (χ2n) is 20.9. The van der Waals surface area contributed by atoms with Gasteiger partial charge in [0.25, 0.3) is 0 Å². The van der Waals surface area contributed by atoms with Crippen molar-refractivity contribution in [2.75, 3.05) is 47.5 Å². The molecular weight excluding hydrogens is 887 g/mol. The molecule has 9 nitrogen and oxygen atoms in total. The zero-order valence-corrected chi connectivity index (χ0v) is 46.8. The van der Waals surface area contributed by atoms with Crippen LogP contribution in [0.2, 0.25) is 0 Å². The van der Waals surface area contributed by atoms with Crippen LogP contribution in [0.15, 0.2) is 60.8 Å². The lowest BCUT2D eigenvalue weighted by Crippen LogP contribution is -2.44. The second kappa shape index (κ2) is 53.3. The maximum atomic E-state index is 12.8. The first-order valence-electron chi connectivity index (χ1n) is 29.4. The number of likely N-dealkylation sites (N-methyl/N-ethyl adjacent to an activating group) is 1. The first kappa shape index (κ1) is 68.0. The van der Waals surface area contributed by atoms with Crippen LogP contribution in [-0.2, 0) is 33.3 Å². The van der Waals surface area contributed by atoms with Gasteiger partial charge in [-0.3, -0.25) is 9.59 Å². The fourth-order valence-electron chi connectivity index (χ4n) is 8.23. The summed E-state index contributed by atoms with van der Waals surface area (Å²) < 4.78 is 22.7. The topological polar surface area (TPSA) is 111 Å². The number of esters is 2. The quantitative estimate of drug-likeness (QED) is 0.0195. The summed E-state index contributed by atoms with van der Waals surface area (Å²) in [5, 5.41) is 11.8. The van der Waals surface area contributed by atoms with Gasteiger partial charge in [0.05, 0.1) is 40.3 Å². The van der Waals surface area contributed by atoms with Crippen LogP contribution in [0.5, 0.6) is 0 Å². The zero-order valence-electron chi connectivity index (χ0n) is 46.8. The Morgan fingerprint density at radius 2 is 0.803 bits per heavy atom. The minimum atomic E-state index is -1.63. The molecule has 0 aliphatic heterocycles. The maximum absolute atomic E-state index is 12.8. The Morgan fingerprint density at radius 1 is 0.437 bits per heavy atom. The van der Waals surface area contributed by atoms with E-state index in [1.54, 1.807) is 0 Å². The van der Waals surface area contributed by atoms with Gasteiger partial charge >= 0.3 is 11.9 Å². The molecule has 0 aromatic rings. The standard InChI is InChI=1S/C62H111NO8/c1-6-8-10-12-14-16-18-20-22-24-25-26-27-28-29-30-31-32-33-34-35-37-38-40-42-44-46-48-50-52-59(64)69-56-58(57-70-62(61(66)67)68-55-54-63(3,4)5)71-60(65)53-51-49-47-45-43-41-39-36-23-21-19-17-15-13-11-9-7-2/h9,11,15,17,21,23-25,39,41,58,62H,6-8,10,12-14,16,18-20,22,26-38,40,42-57H2,1-5H3/b11-9-,17-15-,23-21-,25-24-,41-39-. The summed E-state index contributed by atoms with van der Waals surface area (Å²) in [6, 6.07) is 0. The van der Waals surface area contributed by atoms with Crippen molar-refractivity contribution in [2.24, 2.45) is 0 Å². The molecule has 0 aliphatic rings. The lowest BCUT2D eigenvalue weighted by Gasteiger charge is -2.26. The molecule has 0 aromatic heterocycles. The Balaban J connectivity index is 4.17. The average molecular weight is 999 g/mol. The Morgan fingerprint density at radius 3 is 1.21 bits per heavy atom. The molecular formula is C62H111NO8. The van der Waals surface area contributed by atoms with Gasteiger partial charge in [-0.1, -0.05) is 229 Å². The van der Waals surface area contributed by atoms with E-state index < -0.39 is 24.3 Å². The van der Waals surface area contributed by atoms with Crippen molar-refractivity contribution in [3.63, 3.8) is 0 Å². The molecule has 0 radical (unpaired) electrons. The molecule has 2 unspecified atom stereocenters. The predicted octanol–water partition coefficient (Wildman–Crippen LogP) is 15.9. The number of hydrogen-bond acceptors (Lipinski definition) is 8. The van der Waals surface area contributed by atoms with Crippen molar-refractivity contribution in [1.82, 2.24) is 0 Å². The molecule has 0 rings (SSSR count). The van der Waals surface area contributed by atoms with Crippen LogP contribution < -0.4 is 5.11 Å². The molecule has 0 N–H and O–H groups in total. The normalized spacial score (nSPS) is 13.2. The molecule has 9 heteroatoms. The summed E-state index contributed by atoms with van der Waals surface area (Å²) in [6.45, 7) is 4.62. The predicted molar refractivity (Wildman–Crippen MR) is 297 cm³/mol. The summed E-state index contributed by atoms with van der Waals surface area (Å²) in [5.41, 5.74) is 0. The third-order valence-corrected chi connectivity index (χ3v) is 12.7. The molecule has 0 spiro atoms. The van der Waals surface area contributed by atoms with E-state index in [9.17, 15) is 19.5 Å². The van der Waals surface area contributed by atoms with E-state index >= 15 is 0 Å². The fraction of sp³-hybridized carbons (Fsp3) is 0.790. The Bertz CT molecular complexity index is 1350. The zero-order chi connectivity index (χ0) is 52.0. The van der Waals surface area contributed by atoms with Crippen molar-refractivity contribution < 1.29 is 42.9 Å². The maximum Gasteiger partial charge on any atom is 0.306 e. The molecule has 0 saturated heterocycles.